The van der Waals surface area contributed by atoms with Gasteiger partial charge in [0.05, 0.1) is 0 Å². The zero-order valence-electron chi connectivity index (χ0n) is 3.65. The van der Waals surface area contributed by atoms with Crippen LogP contribution in [0, 0.1) is 6.57 Å². The summed E-state index contributed by atoms with van der Waals surface area (Å²) >= 11 is 0. The van der Waals surface area contributed by atoms with E-state index in [1.165, 1.54) is 6.42 Å². The molecule has 0 heterocycles. The van der Waals surface area contributed by atoms with Crippen molar-refractivity contribution in [3.63, 3.8) is 0 Å². The Morgan fingerprint density at radius 2 is 2.17 bits per heavy atom. The number of hydrogen-bond donors (Lipinski definition) is 0. The molecule has 6 heavy (non-hydrogen) atoms. The fourth-order valence-corrected chi connectivity index (χ4v) is 0.516. The Labute approximate surface area is 37.8 Å². The third-order valence-corrected chi connectivity index (χ3v) is 1.26. The molecule has 1 aliphatic carbocycles. The topological polar surface area (TPSA) is 4.36 Å². The van der Waals surface area contributed by atoms with E-state index in [4.69, 9.17) is 6.57 Å². The van der Waals surface area contributed by atoms with Crippen molar-refractivity contribution in [3.8, 4) is 0 Å². The lowest BCUT2D eigenvalue weighted by molar-refractivity contribution is 0.469. The van der Waals surface area contributed by atoms with Crippen LogP contribution < -0.4 is 0 Å². The lowest BCUT2D eigenvalue weighted by Crippen LogP contribution is -2.11. The molecule has 0 radical (unpaired) electrons. The quantitative estimate of drug-likeness (QED) is 0.389. The second kappa shape index (κ2) is 1.30. The van der Waals surface area contributed by atoms with Crippen LogP contribution >= 0.6 is 0 Å². The first kappa shape index (κ1) is 3.67. The summed E-state index contributed by atoms with van der Waals surface area (Å²) in [5, 5.41) is 0. The van der Waals surface area contributed by atoms with Gasteiger partial charge in [-0.1, -0.05) is 0 Å². The first-order valence-electron chi connectivity index (χ1n) is 2.30. The van der Waals surface area contributed by atoms with Gasteiger partial charge in [-0.05, 0) is 6.42 Å². The Bertz CT molecular complexity index is 76.4. The molecule has 32 valence electrons. The number of rotatable bonds is 0. The molecule has 0 bridgehead atoms. The van der Waals surface area contributed by atoms with E-state index in [1.54, 1.807) is 0 Å². The molecule has 0 atom stereocenters. The van der Waals surface area contributed by atoms with E-state index in [1.807, 2.05) is 0 Å². The Morgan fingerprint density at radius 1 is 1.50 bits per heavy atom. The molecular formula is C5H7N. The maximum absolute atomic E-state index is 6.48. The predicted octanol–water partition coefficient (Wildman–Crippen LogP) is 1.46. The van der Waals surface area contributed by atoms with Crippen LogP contribution in [0.3, 0.4) is 0 Å². The molecule has 1 saturated carbocycles. The van der Waals surface area contributed by atoms with Gasteiger partial charge in [-0.25, -0.2) is 6.57 Å². The molecule has 1 rings (SSSR count). The van der Waals surface area contributed by atoms with E-state index in [0.29, 0.717) is 6.04 Å². The molecule has 0 saturated heterocycles. The number of hydrogen-bond acceptors (Lipinski definition) is 0. The van der Waals surface area contributed by atoms with Gasteiger partial charge in [-0.2, -0.15) is 0 Å². The van der Waals surface area contributed by atoms with Crippen molar-refractivity contribution in [2.75, 3.05) is 0 Å². The lowest BCUT2D eigenvalue weighted by Gasteiger charge is -2.11. The van der Waals surface area contributed by atoms with E-state index >= 15 is 0 Å². The summed E-state index contributed by atoms with van der Waals surface area (Å²) in [6, 6.07) is 0.407. The molecule has 1 heteroatoms. The first-order valence-corrected chi connectivity index (χ1v) is 2.30. The van der Waals surface area contributed by atoms with Crippen molar-refractivity contribution in [2.45, 2.75) is 25.3 Å². The van der Waals surface area contributed by atoms with Crippen LogP contribution in [0.25, 0.3) is 4.85 Å². The van der Waals surface area contributed by atoms with Crippen LogP contribution in [0.1, 0.15) is 19.3 Å². The molecule has 0 aromatic heterocycles. The molecular weight excluding hydrogens is 74.1 g/mol. The Kier molecular flexibility index (Phi) is 0.795. The van der Waals surface area contributed by atoms with Crippen molar-refractivity contribution in [3.05, 3.63) is 11.4 Å². The minimum Gasteiger partial charge on any atom is -0.314 e. The van der Waals surface area contributed by atoms with E-state index in [0.717, 1.165) is 12.8 Å². The molecule has 1 nitrogen and oxygen atoms in total. The third-order valence-electron chi connectivity index (χ3n) is 1.26. The van der Waals surface area contributed by atoms with Gasteiger partial charge in [0.15, 0.2) is 0 Å². The van der Waals surface area contributed by atoms with Crippen LogP contribution in [0.15, 0.2) is 0 Å². The highest BCUT2D eigenvalue weighted by molar-refractivity contribution is 4.85. The average molecular weight is 81.1 g/mol. The molecule has 1 aliphatic rings. The molecule has 0 spiro atoms. The highest BCUT2D eigenvalue weighted by atomic mass is 14.7. The van der Waals surface area contributed by atoms with Crippen LogP contribution in [0.4, 0.5) is 0 Å². The van der Waals surface area contributed by atoms with Crippen molar-refractivity contribution in [1.82, 2.24) is 0 Å². The zero-order chi connectivity index (χ0) is 4.41. The Hall–Kier alpha value is -0.510. The number of nitrogens with zero attached hydrogens (tertiary/aromatic N) is 1. The fourth-order valence-electron chi connectivity index (χ4n) is 0.516. The van der Waals surface area contributed by atoms with Gasteiger partial charge in [0, 0.05) is 12.8 Å². The molecule has 0 aliphatic heterocycles. The predicted molar refractivity (Wildman–Crippen MR) is 24.2 cm³/mol. The van der Waals surface area contributed by atoms with E-state index in [-0.39, 0.29) is 0 Å². The van der Waals surface area contributed by atoms with Gasteiger partial charge in [0.2, 0.25) is 6.04 Å². The summed E-state index contributed by atoms with van der Waals surface area (Å²) in [4.78, 5) is 3.34. The van der Waals surface area contributed by atoms with Gasteiger partial charge >= 0.3 is 0 Å². The zero-order valence-corrected chi connectivity index (χ0v) is 3.65. The van der Waals surface area contributed by atoms with Crippen molar-refractivity contribution >= 4 is 0 Å². The standard InChI is InChI=1S/C5H7N/c1-6-5-3-2-4-5/h5H,2-4H2. The minimum atomic E-state index is 0.407. The monoisotopic (exact) mass is 81.1 g/mol. The van der Waals surface area contributed by atoms with E-state index in [9.17, 15) is 0 Å². The largest absolute Gasteiger partial charge is 0.314 e. The molecule has 0 unspecified atom stereocenters. The summed E-state index contributed by atoms with van der Waals surface area (Å²) in [5.74, 6) is 0. The second-order valence-electron chi connectivity index (χ2n) is 1.71. The van der Waals surface area contributed by atoms with E-state index < -0.39 is 0 Å². The van der Waals surface area contributed by atoms with Gasteiger partial charge in [0.1, 0.15) is 0 Å². The summed E-state index contributed by atoms with van der Waals surface area (Å²) in [7, 11) is 0. The van der Waals surface area contributed by atoms with Gasteiger partial charge < -0.3 is 4.85 Å². The van der Waals surface area contributed by atoms with E-state index in [2.05, 4.69) is 4.85 Å². The van der Waals surface area contributed by atoms with Crippen LogP contribution in [-0.2, 0) is 0 Å². The van der Waals surface area contributed by atoms with Crippen molar-refractivity contribution in [1.29, 1.82) is 0 Å². The lowest BCUT2D eigenvalue weighted by atomic mass is 9.94. The van der Waals surface area contributed by atoms with Gasteiger partial charge in [-0.3, -0.25) is 0 Å². The Morgan fingerprint density at radius 3 is 2.17 bits per heavy atom. The molecule has 1 fully saturated rings. The van der Waals surface area contributed by atoms with Crippen LogP contribution in [0.2, 0.25) is 0 Å². The van der Waals surface area contributed by atoms with Crippen LogP contribution in [-0.4, -0.2) is 6.04 Å². The minimum absolute atomic E-state index is 0.407. The second-order valence-corrected chi connectivity index (χ2v) is 1.71. The van der Waals surface area contributed by atoms with Gasteiger partial charge in [-0.15, -0.1) is 0 Å². The Balaban J connectivity index is 2.22. The van der Waals surface area contributed by atoms with Crippen molar-refractivity contribution < 1.29 is 0 Å². The molecule has 0 amide bonds. The average Bonchev–Trinajstić information content (AvgIpc) is 1.31. The highest BCUT2D eigenvalue weighted by Gasteiger charge is 2.20. The molecule has 0 aromatic rings. The van der Waals surface area contributed by atoms with Gasteiger partial charge in [0.25, 0.3) is 0 Å². The maximum Gasteiger partial charge on any atom is 0.223 e. The summed E-state index contributed by atoms with van der Waals surface area (Å²) in [6.45, 7) is 6.48. The molecule has 0 N–H and O–H groups in total. The maximum atomic E-state index is 6.48. The summed E-state index contributed by atoms with van der Waals surface area (Å²) in [6.07, 6.45) is 3.60. The first-order chi connectivity index (χ1) is 2.93. The summed E-state index contributed by atoms with van der Waals surface area (Å²) < 4.78 is 0. The normalized spacial score (nSPS) is 21.8. The molecule has 0 aromatic carbocycles. The highest BCUT2D eigenvalue weighted by Crippen LogP contribution is 2.21. The van der Waals surface area contributed by atoms with Crippen LogP contribution in [0.5, 0.6) is 0 Å². The smallest absolute Gasteiger partial charge is 0.223 e. The third kappa shape index (κ3) is 0.386. The van der Waals surface area contributed by atoms with Crippen molar-refractivity contribution in [2.24, 2.45) is 0 Å². The summed E-state index contributed by atoms with van der Waals surface area (Å²) in [5.41, 5.74) is 0. The SMILES string of the molecule is [C-]#[N+]C1CCC1. The fraction of sp³-hybridized carbons (Fsp3) is 0.800.